The summed E-state index contributed by atoms with van der Waals surface area (Å²) in [5.41, 5.74) is 7.45. The molecule has 1 aliphatic rings. The van der Waals surface area contributed by atoms with Crippen LogP contribution in [0.25, 0.3) is 5.69 Å². The lowest BCUT2D eigenvalue weighted by Crippen LogP contribution is -2.29. The Labute approximate surface area is 178 Å². The Morgan fingerprint density at radius 1 is 1.07 bits per heavy atom. The summed E-state index contributed by atoms with van der Waals surface area (Å²) < 4.78 is 2.39. The van der Waals surface area contributed by atoms with E-state index in [0.717, 1.165) is 23.8 Å². The van der Waals surface area contributed by atoms with Gasteiger partial charge < -0.3 is 14.8 Å². The van der Waals surface area contributed by atoms with E-state index in [4.69, 9.17) is 12.2 Å². The number of hydrogen-bond donors (Lipinski definition) is 1. The number of benzene rings is 1. The van der Waals surface area contributed by atoms with Crippen molar-refractivity contribution in [3.05, 3.63) is 82.9 Å². The molecule has 150 valence electrons. The first kappa shape index (κ1) is 19.6. The molecule has 3 aromatic rings. The van der Waals surface area contributed by atoms with Crippen molar-refractivity contribution in [2.45, 2.75) is 46.2 Å². The molecule has 1 N–H and O–H groups in total. The molecule has 4 nitrogen and oxygen atoms in total. The first-order valence-corrected chi connectivity index (χ1v) is 10.7. The number of nitrogens with zero attached hydrogens (tertiary/aromatic N) is 3. The average Bonchev–Trinajstić information content (AvgIpc) is 3.23. The number of pyridine rings is 1. The molecule has 0 saturated carbocycles. The molecule has 3 heterocycles. The molecule has 0 radical (unpaired) electrons. The molecule has 4 rings (SSSR count). The highest BCUT2D eigenvalue weighted by Gasteiger charge is 2.40. The van der Waals surface area contributed by atoms with Crippen molar-refractivity contribution in [3.8, 4) is 5.69 Å². The summed E-state index contributed by atoms with van der Waals surface area (Å²) in [4.78, 5) is 6.91. The Balaban J connectivity index is 1.85. The highest BCUT2D eigenvalue weighted by molar-refractivity contribution is 7.80. The second kappa shape index (κ2) is 7.99. The standard InChI is InChI=1S/C24H28N4S/c1-5-18-11-7-8-13-21(18)28-16(3)15-19(17(28)4)23-22(20-12-9-10-14-25-20)26-24(29)27(23)6-2/h7-15,22-23H,5-6H2,1-4H3,(H,26,29). The third-order valence-electron chi connectivity index (χ3n) is 5.94. The number of thiocarbonyl (C=S) groups is 1. The average molecular weight is 405 g/mol. The molecule has 1 aromatic carbocycles. The maximum Gasteiger partial charge on any atom is 0.170 e. The minimum atomic E-state index is 0.0408. The minimum Gasteiger partial charge on any atom is -0.352 e. The Kier molecular flexibility index (Phi) is 5.41. The largest absolute Gasteiger partial charge is 0.352 e. The molecule has 0 amide bonds. The quantitative estimate of drug-likeness (QED) is 0.604. The number of likely N-dealkylation sites (N-methyl/N-ethyl adjacent to an activating group) is 1. The maximum atomic E-state index is 5.69. The van der Waals surface area contributed by atoms with Gasteiger partial charge in [-0.1, -0.05) is 31.2 Å². The molecule has 29 heavy (non-hydrogen) atoms. The summed E-state index contributed by atoms with van der Waals surface area (Å²) in [7, 11) is 0. The SMILES string of the molecule is CCc1ccccc1-n1c(C)cc(C2C(c3ccccn3)NC(=S)N2CC)c1C. The van der Waals surface area contributed by atoms with Gasteiger partial charge in [-0.05, 0) is 74.8 Å². The topological polar surface area (TPSA) is 33.1 Å². The monoisotopic (exact) mass is 404 g/mol. The van der Waals surface area contributed by atoms with Crippen LogP contribution in [-0.4, -0.2) is 26.1 Å². The van der Waals surface area contributed by atoms with E-state index in [1.165, 1.54) is 28.2 Å². The number of para-hydroxylation sites is 1. The van der Waals surface area contributed by atoms with Crippen molar-refractivity contribution in [1.29, 1.82) is 0 Å². The van der Waals surface area contributed by atoms with Crippen molar-refractivity contribution in [2.24, 2.45) is 0 Å². The first-order chi connectivity index (χ1) is 14.1. The number of rotatable bonds is 5. The van der Waals surface area contributed by atoms with Crippen molar-refractivity contribution in [2.75, 3.05) is 6.54 Å². The van der Waals surface area contributed by atoms with E-state index in [0.29, 0.717) is 0 Å². The van der Waals surface area contributed by atoms with Crippen LogP contribution in [0.1, 0.15) is 54.1 Å². The molecule has 1 fully saturated rings. The van der Waals surface area contributed by atoms with E-state index in [1.54, 1.807) is 0 Å². The summed E-state index contributed by atoms with van der Waals surface area (Å²) in [6, 6.07) is 17.2. The van der Waals surface area contributed by atoms with Crippen LogP contribution >= 0.6 is 12.2 Å². The Morgan fingerprint density at radius 3 is 2.52 bits per heavy atom. The number of nitrogens with one attached hydrogen (secondary N) is 1. The van der Waals surface area contributed by atoms with Gasteiger partial charge in [-0.25, -0.2) is 0 Å². The molecule has 5 heteroatoms. The third kappa shape index (κ3) is 3.33. The van der Waals surface area contributed by atoms with Crippen LogP contribution in [-0.2, 0) is 6.42 Å². The Hall–Kier alpha value is -2.66. The van der Waals surface area contributed by atoms with Crippen LogP contribution in [0.5, 0.6) is 0 Å². The van der Waals surface area contributed by atoms with Gasteiger partial charge in [-0.15, -0.1) is 0 Å². The van der Waals surface area contributed by atoms with E-state index in [-0.39, 0.29) is 12.1 Å². The van der Waals surface area contributed by atoms with Gasteiger partial charge in [0.25, 0.3) is 0 Å². The van der Waals surface area contributed by atoms with E-state index >= 15 is 0 Å². The Bertz CT molecular complexity index is 1020. The maximum absolute atomic E-state index is 5.69. The van der Waals surface area contributed by atoms with Gasteiger partial charge in [0.15, 0.2) is 5.11 Å². The Morgan fingerprint density at radius 2 is 1.83 bits per heavy atom. The highest BCUT2D eigenvalue weighted by Crippen LogP contribution is 2.41. The fourth-order valence-electron chi connectivity index (χ4n) is 4.57. The minimum absolute atomic E-state index is 0.0408. The van der Waals surface area contributed by atoms with Gasteiger partial charge in [-0.3, -0.25) is 4.98 Å². The molecule has 2 unspecified atom stereocenters. The smallest absolute Gasteiger partial charge is 0.170 e. The normalized spacial score (nSPS) is 18.9. The molecule has 0 bridgehead atoms. The lowest BCUT2D eigenvalue weighted by atomic mass is 9.97. The zero-order valence-corrected chi connectivity index (χ0v) is 18.3. The molecule has 1 aliphatic heterocycles. The summed E-state index contributed by atoms with van der Waals surface area (Å²) in [6.07, 6.45) is 2.86. The van der Waals surface area contributed by atoms with E-state index < -0.39 is 0 Å². The van der Waals surface area contributed by atoms with Crippen LogP contribution in [0.15, 0.2) is 54.7 Å². The lowest BCUT2D eigenvalue weighted by Gasteiger charge is -2.27. The fraction of sp³-hybridized carbons (Fsp3) is 0.333. The zero-order chi connectivity index (χ0) is 20.5. The van der Waals surface area contributed by atoms with Gasteiger partial charge in [0.05, 0.1) is 17.8 Å². The molecular weight excluding hydrogens is 376 g/mol. The van der Waals surface area contributed by atoms with E-state index in [1.807, 2.05) is 18.3 Å². The molecule has 2 aromatic heterocycles. The third-order valence-corrected chi connectivity index (χ3v) is 6.29. The highest BCUT2D eigenvalue weighted by atomic mass is 32.1. The van der Waals surface area contributed by atoms with E-state index in [9.17, 15) is 0 Å². The van der Waals surface area contributed by atoms with Crippen LogP contribution in [0.4, 0.5) is 0 Å². The van der Waals surface area contributed by atoms with Gasteiger partial charge in [-0.2, -0.15) is 0 Å². The van der Waals surface area contributed by atoms with Crippen molar-refractivity contribution >= 4 is 17.3 Å². The number of hydrogen-bond acceptors (Lipinski definition) is 2. The van der Waals surface area contributed by atoms with Crippen LogP contribution in [0.3, 0.4) is 0 Å². The predicted octanol–water partition coefficient (Wildman–Crippen LogP) is 5.04. The van der Waals surface area contributed by atoms with Crippen LogP contribution in [0.2, 0.25) is 0 Å². The molecule has 1 saturated heterocycles. The second-order valence-corrected chi connectivity index (χ2v) is 7.94. The van der Waals surface area contributed by atoms with Crippen molar-refractivity contribution in [1.82, 2.24) is 19.8 Å². The van der Waals surface area contributed by atoms with E-state index in [2.05, 4.69) is 83.9 Å². The fourth-order valence-corrected chi connectivity index (χ4v) is 4.94. The summed E-state index contributed by atoms with van der Waals surface area (Å²) in [5.74, 6) is 0. The van der Waals surface area contributed by atoms with Gasteiger partial charge in [0.1, 0.15) is 0 Å². The zero-order valence-electron chi connectivity index (χ0n) is 17.5. The van der Waals surface area contributed by atoms with Crippen molar-refractivity contribution in [3.63, 3.8) is 0 Å². The summed E-state index contributed by atoms with van der Waals surface area (Å²) in [6.45, 7) is 9.64. The number of aryl methyl sites for hydroxylation is 2. The van der Waals surface area contributed by atoms with Crippen LogP contribution in [0, 0.1) is 13.8 Å². The lowest BCUT2D eigenvalue weighted by molar-refractivity contribution is 0.329. The van der Waals surface area contributed by atoms with Gasteiger partial charge in [0.2, 0.25) is 0 Å². The predicted molar refractivity (Wildman–Crippen MR) is 122 cm³/mol. The molecular formula is C24H28N4S. The second-order valence-electron chi connectivity index (χ2n) is 7.56. The summed E-state index contributed by atoms with van der Waals surface area (Å²) >= 11 is 5.69. The van der Waals surface area contributed by atoms with Crippen LogP contribution < -0.4 is 5.32 Å². The van der Waals surface area contributed by atoms with Gasteiger partial charge >= 0.3 is 0 Å². The molecule has 0 aliphatic carbocycles. The summed E-state index contributed by atoms with van der Waals surface area (Å²) in [5, 5.41) is 4.32. The van der Waals surface area contributed by atoms with Gasteiger partial charge in [0, 0.05) is 29.8 Å². The van der Waals surface area contributed by atoms with Crippen molar-refractivity contribution < 1.29 is 0 Å². The number of aromatic nitrogens is 2. The molecule has 0 spiro atoms. The first-order valence-electron chi connectivity index (χ1n) is 10.3. The molecule has 2 atom stereocenters.